The zero-order valence-corrected chi connectivity index (χ0v) is 16.1. The van der Waals surface area contributed by atoms with E-state index in [1.54, 1.807) is 30.3 Å². The van der Waals surface area contributed by atoms with E-state index in [1.807, 2.05) is 0 Å². The van der Waals surface area contributed by atoms with E-state index in [-0.39, 0.29) is 30.3 Å². The van der Waals surface area contributed by atoms with Gasteiger partial charge in [-0.1, -0.05) is 12.1 Å². The molecule has 1 heterocycles. The number of hydrogen-bond donors (Lipinski definition) is 1. The Morgan fingerprint density at radius 2 is 2.03 bits per heavy atom. The van der Waals surface area contributed by atoms with Crippen LogP contribution in [0.5, 0.6) is 5.75 Å². The molecule has 2 aromatic carbocycles. The molecule has 0 aliphatic heterocycles. The van der Waals surface area contributed by atoms with Gasteiger partial charge in [-0.25, -0.2) is 4.39 Å². The Kier molecular flexibility index (Phi) is 5.23. The van der Waals surface area contributed by atoms with Gasteiger partial charge in [-0.2, -0.15) is 5.26 Å². The average Bonchev–Trinajstić information content (AvgIpc) is 3.55. The number of nitrogens with zero attached hydrogens (tertiary/aromatic N) is 2. The van der Waals surface area contributed by atoms with Gasteiger partial charge in [-0.05, 0) is 55.2 Å². The highest BCUT2D eigenvalue weighted by Gasteiger charge is 2.30. The van der Waals surface area contributed by atoms with Crippen molar-refractivity contribution in [3.8, 4) is 22.9 Å². The monoisotopic (exact) mass is 406 g/mol. The van der Waals surface area contributed by atoms with Crippen molar-refractivity contribution in [3.05, 3.63) is 64.3 Å². The Bertz CT molecular complexity index is 1240. The smallest absolute Gasteiger partial charge is 0.303 e. The van der Waals surface area contributed by atoms with Gasteiger partial charge in [0.05, 0.1) is 6.61 Å². The largest absolute Gasteiger partial charge is 0.494 e. The van der Waals surface area contributed by atoms with Gasteiger partial charge in [0.15, 0.2) is 0 Å². The molecule has 1 N–H and O–H groups in total. The van der Waals surface area contributed by atoms with Gasteiger partial charge < -0.3 is 9.84 Å². The lowest BCUT2D eigenvalue weighted by molar-refractivity contribution is -0.137. The van der Waals surface area contributed by atoms with E-state index in [9.17, 15) is 19.2 Å². The van der Waals surface area contributed by atoms with Crippen molar-refractivity contribution in [1.29, 1.82) is 5.26 Å². The minimum Gasteiger partial charge on any atom is -0.494 e. The van der Waals surface area contributed by atoms with Crippen molar-refractivity contribution in [2.24, 2.45) is 0 Å². The van der Waals surface area contributed by atoms with Crippen LogP contribution in [0.2, 0.25) is 0 Å². The van der Waals surface area contributed by atoms with E-state index >= 15 is 0 Å². The number of carbonyl (C=O) groups is 1. The van der Waals surface area contributed by atoms with E-state index in [1.165, 1.54) is 16.7 Å². The Hall–Kier alpha value is -3.66. The fraction of sp³-hybridized carbons (Fsp3) is 0.261. The summed E-state index contributed by atoms with van der Waals surface area (Å²) in [6.07, 6.45) is 1.99. The van der Waals surface area contributed by atoms with Crippen LogP contribution in [-0.2, 0) is 4.79 Å². The molecule has 1 aromatic heterocycles. The number of aromatic nitrogens is 1. The molecule has 1 fully saturated rings. The number of pyridine rings is 1. The molecule has 7 heteroatoms. The molecule has 1 aliphatic carbocycles. The standard InChI is InChI=1S/C23H19FN2O4/c24-15-4-1-3-14(11-15)22-19-12-17(30-10-2-5-21(27)28)8-9-18(19)23(29)26(16-6-7-16)20(22)13-25/h1,3-4,8-9,11-12,16H,2,5-7,10H2,(H,27,28). The quantitative estimate of drug-likeness (QED) is 0.592. The van der Waals surface area contributed by atoms with Crippen molar-refractivity contribution < 1.29 is 19.0 Å². The summed E-state index contributed by atoms with van der Waals surface area (Å²) >= 11 is 0. The van der Waals surface area contributed by atoms with Crippen molar-refractivity contribution in [3.63, 3.8) is 0 Å². The number of ether oxygens (including phenoxy) is 1. The van der Waals surface area contributed by atoms with Crippen molar-refractivity contribution in [2.45, 2.75) is 31.7 Å². The molecule has 3 aromatic rings. The highest BCUT2D eigenvalue weighted by Crippen LogP contribution is 2.39. The number of benzene rings is 2. The summed E-state index contributed by atoms with van der Waals surface area (Å²) in [5, 5.41) is 19.6. The Morgan fingerprint density at radius 3 is 2.70 bits per heavy atom. The first-order chi connectivity index (χ1) is 14.5. The second kappa shape index (κ2) is 7.99. The number of rotatable bonds is 7. The summed E-state index contributed by atoms with van der Waals surface area (Å²) in [5.74, 6) is -0.877. The number of fused-ring (bicyclic) bond motifs is 1. The molecule has 0 unspecified atom stereocenters. The average molecular weight is 406 g/mol. The van der Waals surface area contributed by atoms with Gasteiger partial charge in [0.2, 0.25) is 0 Å². The molecule has 0 bridgehead atoms. The van der Waals surface area contributed by atoms with Crippen LogP contribution in [0.4, 0.5) is 4.39 Å². The Balaban J connectivity index is 1.89. The number of carboxylic acid groups (broad SMARTS) is 1. The lowest BCUT2D eigenvalue weighted by atomic mass is 9.96. The number of carboxylic acids is 1. The van der Waals surface area contributed by atoms with E-state index in [2.05, 4.69) is 6.07 Å². The maximum absolute atomic E-state index is 14.0. The van der Waals surface area contributed by atoms with Crippen LogP contribution in [0.1, 0.15) is 37.4 Å². The molecule has 0 spiro atoms. The van der Waals surface area contributed by atoms with Crippen LogP contribution in [0.3, 0.4) is 0 Å². The van der Waals surface area contributed by atoms with Gasteiger partial charge in [-0.3, -0.25) is 14.2 Å². The predicted molar refractivity (Wildman–Crippen MR) is 109 cm³/mol. The first-order valence-corrected chi connectivity index (χ1v) is 9.72. The lowest BCUT2D eigenvalue weighted by Crippen LogP contribution is -2.23. The van der Waals surface area contributed by atoms with E-state index in [0.717, 1.165) is 12.8 Å². The second-order valence-corrected chi connectivity index (χ2v) is 7.31. The van der Waals surface area contributed by atoms with Gasteiger partial charge >= 0.3 is 5.97 Å². The van der Waals surface area contributed by atoms with Crippen molar-refractivity contribution >= 4 is 16.7 Å². The first-order valence-electron chi connectivity index (χ1n) is 9.72. The van der Waals surface area contributed by atoms with Crippen LogP contribution in [0, 0.1) is 17.1 Å². The predicted octanol–water partition coefficient (Wildman–Crippen LogP) is 4.26. The minimum absolute atomic E-state index is 0.00714. The topological polar surface area (TPSA) is 92.3 Å². The Morgan fingerprint density at radius 1 is 1.23 bits per heavy atom. The third-order valence-corrected chi connectivity index (χ3v) is 5.12. The number of halogens is 1. The van der Waals surface area contributed by atoms with Gasteiger partial charge in [0.25, 0.3) is 5.56 Å². The van der Waals surface area contributed by atoms with Gasteiger partial charge in [0, 0.05) is 28.8 Å². The van der Waals surface area contributed by atoms with Crippen molar-refractivity contribution in [1.82, 2.24) is 4.57 Å². The summed E-state index contributed by atoms with van der Waals surface area (Å²) in [6.45, 7) is 0.206. The molecular formula is C23H19FN2O4. The molecule has 152 valence electrons. The molecule has 0 radical (unpaired) electrons. The molecule has 1 aliphatic rings. The molecule has 6 nitrogen and oxygen atoms in total. The van der Waals surface area contributed by atoms with E-state index < -0.39 is 11.8 Å². The first kappa shape index (κ1) is 19.6. The normalized spacial score (nSPS) is 13.2. The lowest BCUT2D eigenvalue weighted by Gasteiger charge is -2.16. The Labute approximate surface area is 171 Å². The summed E-state index contributed by atoms with van der Waals surface area (Å²) in [5.41, 5.74) is 0.966. The zero-order valence-electron chi connectivity index (χ0n) is 16.1. The van der Waals surface area contributed by atoms with Crippen molar-refractivity contribution in [2.75, 3.05) is 6.61 Å². The van der Waals surface area contributed by atoms with Gasteiger partial charge in [-0.15, -0.1) is 0 Å². The zero-order chi connectivity index (χ0) is 21.3. The summed E-state index contributed by atoms with van der Waals surface area (Å²) in [6, 6.07) is 13.0. The number of nitriles is 1. The van der Waals surface area contributed by atoms with Crippen LogP contribution < -0.4 is 10.3 Å². The molecular weight excluding hydrogens is 387 g/mol. The van der Waals surface area contributed by atoms with Crippen LogP contribution in [0.15, 0.2) is 47.3 Å². The SMILES string of the molecule is N#Cc1c(-c2cccc(F)c2)c2cc(OCCCC(=O)O)ccc2c(=O)n1C1CC1. The maximum atomic E-state index is 14.0. The molecule has 4 rings (SSSR count). The van der Waals surface area contributed by atoms with Crippen LogP contribution in [-0.4, -0.2) is 22.2 Å². The van der Waals surface area contributed by atoms with Gasteiger partial charge in [0.1, 0.15) is 23.3 Å². The maximum Gasteiger partial charge on any atom is 0.303 e. The fourth-order valence-corrected chi connectivity index (χ4v) is 3.63. The molecule has 1 saturated carbocycles. The highest BCUT2D eigenvalue weighted by molar-refractivity contribution is 5.99. The van der Waals surface area contributed by atoms with E-state index in [0.29, 0.717) is 34.1 Å². The number of aliphatic carboxylic acids is 1. The fourth-order valence-electron chi connectivity index (χ4n) is 3.63. The minimum atomic E-state index is -0.898. The third kappa shape index (κ3) is 3.77. The highest BCUT2D eigenvalue weighted by atomic mass is 19.1. The molecule has 0 atom stereocenters. The summed E-state index contributed by atoms with van der Waals surface area (Å²) in [4.78, 5) is 23.8. The summed E-state index contributed by atoms with van der Waals surface area (Å²) < 4.78 is 21.1. The molecule has 30 heavy (non-hydrogen) atoms. The molecule has 0 amide bonds. The number of hydrogen-bond acceptors (Lipinski definition) is 4. The molecule has 0 saturated heterocycles. The van der Waals surface area contributed by atoms with Crippen LogP contribution >= 0.6 is 0 Å². The third-order valence-electron chi connectivity index (χ3n) is 5.12. The second-order valence-electron chi connectivity index (χ2n) is 7.31. The summed E-state index contributed by atoms with van der Waals surface area (Å²) in [7, 11) is 0. The van der Waals surface area contributed by atoms with Crippen LogP contribution in [0.25, 0.3) is 21.9 Å². The van der Waals surface area contributed by atoms with E-state index in [4.69, 9.17) is 9.84 Å².